The average Bonchev–Trinajstić information content (AvgIpc) is 2.84. The standard InChI is InChI=1S/C18H17ClN4O/c1-9-7-13-16(14(24)8-9)17(20)15-10(2)22-23(18(15)21-13)12-5-3-11(19)4-6-12/h3-6,9H,7-8H2,1-2H3,(H2,20,21). The minimum Gasteiger partial charge on any atom is -0.397 e. The van der Waals surface area contributed by atoms with Crippen LogP contribution in [0.1, 0.15) is 35.1 Å². The molecule has 5 nitrogen and oxygen atoms in total. The van der Waals surface area contributed by atoms with Crippen LogP contribution in [0.3, 0.4) is 0 Å². The van der Waals surface area contributed by atoms with Gasteiger partial charge in [0.05, 0.1) is 33.7 Å². The molecule has 0 saturated carbocycles. The van der Waals surface area contributed by atoms with Crippen LogP contribution in [0, 0.1) is 12.8 Å². The maximum atomic E-state index is 12.4. The first kappa shape index (κ1) is 15.1. The van der Waals surface area contributed by atoms with Crippen LogP contribution in [-0.4, -0.2) is 20.5 Å². The zero-order valence-corrected chi connectivity index (χ0v) is 14.3. The number of aromatic nitrogens is 3. The Morgan fingerprint density at radius 3 is 2.67 bits per heavy atom. The maximum absolute atomic E-state index is 12.4. The first-order valence-electron chi connectivity index (χ1n) is 7.92. The number of aryl methyl sites for hydroxylation is 1. The summed E-state index contributed by atoms with van der Waals surface area (Å²) >= 11 is 5.97. The highest BCUT2D eigenvalue weighted by Crippen LogP contribution is 2.35. The number of fused-ring (bicyclic) bond motifs is 2. The molecule has 0 fully saturated rings. The Balaban J connectivity index is 2.02. The van der Waals surface area contributed by atoms with Gasteiger partial charge in [0.25, 0.3) is 0 Å². The third-order valence-corrected chi connectivity index (χ3v) is 4.78. The van der Waals surface area contributed by atoms with Crippen LogP contribution >= 0.6 is 11.6 Å². The Hall–Kier alpha value is -2.40. The van der Waals surface area contributed by atoms with E-state index in [1.807, 2.05) is 31.2 Å². The number of ketones is 1. The Morgan fingerprint density at radius 1 is 1.25 bits per heavy atom. The fourth-order valence-corrected chi connectivity index (χ4v) is 3.57. The largest absolute Gasteiger partial charge is 0.397 e. The summed E-state index contributed by atoms with van der Waals surface area (Å²) in [4.78, 5) is 17.2. The number of carbonyl (C=O) groups is 1. The molecule has 122 valence electrons. The van der Waals surface area contributed by atoms with Crippen molar-refractivity contribution >= 4 is 34.1 Å². The van der Waals surface area contributed by atoms with Gasteiger partial charge in [0.15, 0.2) is 11.4 Å². The number of hydrogen-bond acceptors (Lipinski definition) is 4. The molecule has 1 aromatic carbocycles. The number of Topliss-reactive ketones (excluding diaryl/α,β-unsaturated/α-hetero) is 1. The van der Waals surface area contributed by atoms with E-state index < -0.39 is 0 Å². The smallest absolute Gasteiger partial charge is 0.167 e. The highest BCUT2D eigenvalue weighted by atomic mass is 35.5. The molecule has 1 aliphatic rings. The van der Waals surface area contributed by atoms with E-state index >= 15 is 0 Å². The van der Waals surface area contributed by atoms with Crippen LogP contribution in [0.2, 0.25) is 5.02 Å². The van der Waals surface area contributed by atoms with Crippen LogP contribution in [0.25, 0.3) is 16.7 Å². The van der Waals surface area contributed by atoms with E-state index in [2.05, 4.69) is 12.0 Å². The van der Waals surface area contributed by atoms with Gasteiger partial charge in [0, 0.05) is 11.4 Å². The van der Waals surface area contributed by atoms with Gasteiger partial charge >= 0.3 is 0 Å². The third kappa shape index (κ3) is 2.19. The summed E-state index contributed by atoms with van der Waals surface area (Å²) in [7, 11) is 0. The van der Waals surface area contributed by atoms with E-state index in [0.717, 1.165) is 28.9 Å². The molecule has 24 heavy (non-hydrogen) atoms. The molecule has 2 heterocycles. The molecule has 4 rings (SSSR count). The van der Waals surface area contributed by atoms with Gasteiger partial charge in [-0.05, 0) is 43.5 Å². The van der Waals surface area contributed by atoms with Crippen molar-refractivity contribution in [3.8, 4) is 5.69 Å². The normalized spacial score (nSPS) is 17.3. The van der Waals surface area contributed by atoms with E-state index in [4.69, 9.17) is 22.3 Å². The van der Waals surface area contributed by atoms with Gasteiger partial charge < -0.3 is 5.73 Å². The predicted molar refractivity (Wildman–Crippen MR) is 94.8 cm³/mol. The van der Waals surface area contributed by atoms with Crippen molar-refractivity contribution in [3.63, 3.8) is 0 Å². The zero-order valence-electron chi connectivity index (χ0n) is 13.5. The van der Waals surface area contributed by atoms with Crippen molar-refractivity contribution in [2.45, 2.75) is 26.7 Å². The molecule has 2 N–H and O–H groups in total. The Labute approximate surface area is 144 Å². The average molecular weight is 341 g/mol. The molecule has 2 aromatic heterocycles. The Kier molecular flexibility index (Phi) is 3.35. The van der Waals surface area contributed by atoms with E-state index in [1.54, 1.807) is 4.68 Å². The summed E-state index contributed by atoms with van der Waals surface area (Å²) in [5.41, 5.74) is 10.5. The van der Waals surface area contributed by atoms with Crippen molar-refractivity contribution in [1.82, 2.24) is 14.8 Å². The number of nitrogen functional groups attached to an aromatic ring is 1. The molecule has 1 unspecified atom stereocenters. The molecule has 6 heteroatoms. The molecule has 0 aliphatic heterocycles. The summed E-state index contributed by atoms with van der Waals surface area (Å²) in [6.07, 6.45) is 1.28. The fraction of sp³-hybridized carbons (Fsp3) is 0.278. The molecule has 0 spiro atoms. The summed E-state index contributed by atoms with van der Waals surface area (Å²) in [6.45, 7) is 3.94. The fourth-order valence-electron chi connectivity index (χ4n) is 3.44. The SMILES string of the molecule is Cc1nn(-c2ccc(Cl)cc2)c2nc3c(c(N)c12)C(=O)CC(C)C3. The van der Waals surface area contributed by atoms with Crippen molar-refractivity contribution in [2.24, 2.45) is 5.92 Å². The second kappa shape index (κ2) is 5.31. The van der Waals surface area contributed by atoms with Crippen molar-refractivity contribution < 1.29 is 4.79 Å². The summed E-state index contributed by atoms with van der Waals surface area (Å²) in [5, 5.41) is 6.00. The number of nitrogens with zero attached hydrogens (tertiary/aromatic N) is 3. The number of pyridine rings is 1. The van der Waals surface area contributed by atoms with E-state index in [9.17, 15) is 4.79 Å². The minimum atomic E-state index is 0.0780. The molecular formula is C18H17ClN4O. The van der Waals surface area contributed by atoms with Gasteiger partial charge in [0.2, 0.25) is 0 Å². The van der Waals surface area contributed by atoms with Gasteiger partial charge in [-0.1, -0.05) is 18.5 Å². The first-order valence-corrected chi connectivity index (χ1v) is 8.30. The zero-order chi connectivity index (χ0) is 17.0. The lowest BCUT2D eigenvalue weighted by molar-refractivity contribution is 0.0953. The van der Waals surface area contributed by atoms with Crippen molar-refractivity contribution in [1.29, 1.82) is 0 Å². The predicted octanol–water partition coefficient (Wildman–Crippen LogP) is 3.73. The Bertz CT molecular complexity index is 975. The highest BCUT2D eigenvalue weighted by Gasteiger charge is 2.29. The van der Waals surface area contributed by atoms with Crippen LogP contribution < -0.4 is 5.73 Å². The van der Waals surface area contributed by atoms with Crippen molar-refractivity contribution in [2.75, 3.05) is 5.73 Å². The van der Waals surface area contributed by atoms with E-state index in [-0.39, 0.29) is 11.7 Å². The topological polar surface area (TPSA) is 73.8 Å². The molecule has 0 saturated heterocycles. The summed E-state index contributed by atoms with van der Waals surface area (Å²) in [6, 6.07) is 7.40. The van der Waals surface area contributed by atoms with E-state index in [0.29, 0.717) is 28.3 Å². The molecule has 0 amide bonds. The second-order valence-corrected chi connectivity index (χ2v) is 6.89. The van der Waals surface area contributed by atoms with Gasteiger partial charge in [0.1, 0.15) is 0 Å². The summed E-state index contributed by atoms with van der Waals surface area (Å²) < 4.78 is 1.77. The third-order valence-electron chi connectivity index (χ3n) is 4.53. The highest BCUT2D eigenvalue weighted by molar-refractivity contribution is 6.30. The molecular weight excluding hydrogens is 324 g/mol. The quantitative estimate of drug-likeness (QED) is 0.732. The first-order chi connectivity index (χ1) is 11.5. The van der Waals surface area contributed by atoms with E-state index in [1.165, 1.54) is 0 Å². The minimum absolute atomic E-state index is 0.0780. The lowest BCUT2D eigenvalue weighted by Gasteiger charge is -2.21. The van der Waals surface area contributed by atoms with Crippen LogP contribution in [0.5, 0.6) is 0 Å². The van der Waals surface area contributed by atoms with Gasteiger partial charge in [-0.15, -0.1) is 0 Å². The number of nitrogens with two attached hydrogens (primary N) is 1. The van der Waals surface area contributed by atoms with Crippen LogP contribution in [0.4, 0.5) is 5.69 Å². The van der Waals surface area contributed by atoms with Gasteiger partial charge in [-0.3, -0.25) is 4.79 Å². The number of benzene rings is 1. The molecule has 0 radical (unpaired) electrons. The maximum Gasteiger partial charge on any atom is 0.167 e. The number of hydrogen-bond donors (Lipinski definition) is 1. The van der Waals surface area contributed by atoms with Crippen LogP contribution in [-0.2, 0) is 6.42 Å². The second-order valence-electron chi connectivity index (χ2n) is 6.46. The van der Waals surface area contributed by atoms with Crippen LogP contribution in [0.15, 0.2) is 24.3 Å². The Morgan fingerprint density at radius 2 is 1.96 bits per heavy atom. The number of anilines is 1. The number of rotatable bonds is 1. The number of carbonyl (C=O) groups excluding carboxylic acids is 1. The molecule has 3 aromatic rings. The lowest BCUT2D eigenvalue weighted by atomic mass is 9.85. The van der Waals surface area contributed by atoms with Gasteiger partial charge in [-0.25, -0.2) is 9.67 Å². The molecule has 1 atom stereocenters. The van der Waals surface area contributed by atoms with Crippen molar-refractivity contribution in [3.05, 3.63) is 46.2 Å². The summed E-state index contributed by atoms with van der Waals surface area (Å²) in [5.74, 6) is 0.358. The number of halogens is 1. The monoisotopic (exact) mass is 340 g/mol. The lowest BCUT2D eigenvalue weighted by Crippen LogP contribution is -2.21. The van der Waals surface area contributed by atoms with Gasteiger partial charge in [-0.2, -0.15) is 5.10 Å². The molecule has 1 aliphatic carbocycles. The molecule has 0 bridgehead atoms.